The molecule has 1 atom stereocenters. The lowest BCUT2D eigenvalue weighted by Crippen LogP contribution is -2.45. The van der Waals surface area contributed by atoms with Crippen molar-refractivity contribution in [1.82, 2.24) is 5.32 Å². The molecule has 0 rings (SSSR count). The van der Waals surface area contributed by atoms with E-state index in [1.807, 2.05) is 0 Å². The summed E-state index contributed by atoms with van der Waals surface area (Å²) in [5.41, 5.74) is 5.04. The van der Waals surface area contributed by atoms with E-state index in [4.69, 9.17) is 21.6 Å². The van der Waals surface area contributed by atoms with Gasteiger partial charge in [0.1, 0.15) is 12.6 Å². The Labute approximate surface area is 94.5 Å². The molecule has 0 radical (unpaired) electrons. The molecule has 0 heterocycles. The Bertz CT molecular complexity index is 272. The molecule has 0 aliphatic rings. The van der Waals surface area contributed by atoms with Gasteiger partial charge in [0, 0.05) is 13.5 Å². The molecule has 0 aliphatic carbocycles. The van der Waals surface area contributed by atoms with Crippen LogP contribution < -0.4 is 11.1 Å². The summed E-state index contributed by atoms with van der Waals surface area (Å²) in [7, 11) is 1.53. The first-order valence-electron chi connectivity index (χ1n) is 4.70. The lowest BCUT2D eigenvalue weighted by atomic mass is 10.2. The third-order valence-electron chi connectivity index (χ3n) is 1.67. The Morgan fingerprint density at radius 3 is 2.69 bits per heavy atom. The fraction of sp³-hybridized carbons (Fsp3) is 0.600. The van der Waals surface area contributed by atoms with Crippen molar-refractivity contribution in [1.29, 1.82) is 0 Å². The predicted molar refractivity (Wildman–Crippen MR) is 57.3 cm³/mol. The number of terminal acetylenes is 1. The second-order valence-electron chi connectivity index (χ2n) is 2.98. The van der Waals surface area contributed by atoms with Crippen LogP contribution >= 0.6 is 0 Å². The van der Waals surface area contributed by atoms with E-state index < -0.39 is 17.9 Å². The summed E-state index contributed by atoms with van der Waals surface area (Å²) in [5.74, 6) is 1.16. The SMILES string of the molecule is C#CC[C@@H](NC(=O)COCCOC)C(N)=O. The minimum absolute atomic E-state index is 0.0686. The quantitative estimate of drug-likeness (QED) is 0.396. The smallest absolute Gasteiger partial charge is 0.246 e. The lowest BCUT2D eigenvalue weighted by molar-refractivity contribution is -0.130. The van der Waals surface area contributed by atoms with Crippen LogP contribution in [0.5, 0.6) is 0 Å². The molecule has 16 heavy (non-hydrogen) atoms. The van der Waals surface area contributed by atoms with Crippen molar-refractivity contribution in [3.63, 3.8) is 0 Å². The number of amides is 2. The zero-order valence-electron chi connectivity index (χ0n) is 9.19. The number of carbonyl (C=O) groups excluding carboxylic acids is 2. The third-order valence-corrected chi connectivity index (χ3v) is 1.67. The molecule has 2 amide bonds. The number of carbonyl (C=O) groups is 2. The van der Waals surface area contributed by atoms with Gasteiger partial charge in [-0.25, -0.2) is 0 Å². The molecule has 0 aliphatic heterocycles. The van der Waals surface area contributed by atoms with Crippen LogP contribution in [0.3, 0.4) is 0 Å². The Kier molecular flexibility index (Phi) is 7.85. The summed E-state index contributed by atoms with van der Waals surface area (Å²) in [6.07, 6.45) is 5.09. The fourth-order valence-electron chi connectivity index (χ4n) is 0.884. The normalized spacial score (nSPS) is 11.5. The minimum Gasteiger partial charge on any atom is -0.382 e. The summed E-state index contributed by atoms with van der Waals surface area (Å²) in [6.45, 7) is 0.550. The molecule has 0 aromatic carbocycles. The molecule has 3 N–H and O–H groups in total. The van der Waals surface area contributed by atoms with Gasteiger partial charge in [-0.1, -0.05) is 0 Å². The van der Waals surface area contributed by atoms with Crippen LogP contribution in [0.15, 0.2) is 0 Å². The van der Waals surface area contributed by atoms with Crippen LogP contribution in [0.1, 0.15) is 6.42 Å². The molecule has 0 fully saturated rings. The number of methoxy groups -OCH3 is 1. The number of rotatable bonds is 8. The Balaban J connectivity index is 3.83. The Morgan fingerprint density at radius 1 is 1.50 bits per heavy atom. The number of nitrogens with one attached hydrogen (secondary N) is 1. The van der Waals surface area contributed by atoms with Gasteiger partial charge < -0.3 is 20.5 Å². The molecule has 6 heteroatoms. The molecule has 0 unspecified atom stereocenters. The first-order valence-corrected chi connectivity index (χ1v) is 4.70. The fourth-order valence-corrected chi connectivity index (χ4v) is 0.884. The summed E-state index contributed by atoms with van der Waals surface area (Å²) in [4.78, 5) is 22.1. The molecule has 0 spiro atoms. The Hall–Kier alpha value is -1.58. The van der Waals surface area contributed by atoms with Crippen molar-refractivity contribution in [2.24, 2.45) is 5.73 Å². The van der Waals surface area contributed by atoms with Crippen LogP contribution in [0, 0.1) is 12.3 Å². The number of hydrogen-bond acceptors (Lipinski definition) is 4. The number of primary amides is 1. The van der Waals surface area contributed by atoms with Gasteiger partial charge in [0.15, 0.2) is 0 Å². The average Bonchev–Trinajstić information content (AvgIpc) is 2.23. The zero-order chi connectivity index (χ0) is 12.4. The van der Waals surface area contributed by atoms with E-state index in [1.54, 1.807) is 0 Å². The van der Waals surface area contributed by atoms with Crippen molar-refractivity contribution in [2.45, 2.75) is 12.5 Å². The lowest BCUT2D eigenvalue weighted by Gasteiger charge is -2.12. The van der Waals surface area contributed by atoms with Gasteiger partial charge in [-0.2, -0.15) is 0 Å². The maximum Gasteiger partial charge on any atom is 0.246 e. The monoisotopic (exact) mass is 228 g/mol. The van der Waals surface area contributed by atoms with E-state index in [2.05, 4.69) is 11.2 Å². The first kappa shape index (κ1) is 14.4. The summed E-state index contributed by atoms with van der Waals surface area (Å²) in [6, 6.07) is -0.844. The average molecular weight is 228 g/mol. The van der Waals surface area contributed by atoms with Gasteiger partial charge in [0.05, 0.1) is 13.2 Å². The van der Waals surface area contributed by atoms with Gasteiger partial charge >= 0.3 is 0 Å². The molecule has 0 aromatic heterocycles. The highest BCUT2D eigenvalue weighted by Gasteiger charge is 2.16. The molecular weight excluding hydrogens is 212 g/mol. The molecule has 0 saturated carbocycles. The van der Waals surface area contributed by atoms with E-state index in [0.717, 1.165) is 0 Å². The highest BCUT2D eigenvalue weighted by atomic mass is 16.5. The van der Waals surface area contributed by atoms with Gasteiger partial charge in [-0.15, -0.1) is 12.3 Å². The number of ether oxygens (including phenoxy) is 2. The van der Waals surface area contributed by atoms with E-state index >= 15 is 0 Å². The number of nitrogens with two attached hydrogens (primary N) is 1. The largest absolute Gasteiger partial charge is 0.382 e. The van der Waals surface area contributed by atoms with Gasteiger partial charge in [-0.05, 0) is 0 Å². The molecule has 6 nitrogen and oxygen atoms in total. The van der Waals surface area contributed by atoms with Gasteiger partial charge in [0.25, 0.3) is 0 Å². The standard InChI is InChI=1S/C10H16N2O4/c1-3-4-8(10(11)14)12-9(13)7-16-6-5-15-2/h1,8H,4-7H2,2H3,(H2,11,14)(H,12,13)/t8-/m1/s1. The molecular formula is C10H16N2O4. The number of hydrogen-bond donors (Lipinski definition) is 2. The highest BCUT2D eigenvalue weighted by Crippen LogP contribution is 1.89. The van der Waals surface area contributed by atoms with Crippen molar-refractivity contribution >= 4 is 11.8 Å². The van der Waals surface area contributed by atoms with Crippen LogP contribution in [0.25, 0.3) is 0 Å². The van der Waals surface area contributed by atoms with Crippen LogP contribution in [-0.4, -0.2) is 44.8 Å². The maximum absolute atomic E-state index is 11.2. The van der Waals surface area contributed by atoms with Crippen LogP contribution in [0.4, 0.5) is 0 Å². The van der Waals surface area contributed by atoms with Crippen LogP contribution in [-0.2, 0) is 19.1 Å². The van der Waals surface area contributed by atoms with E-state index in [0.29, 0.717) is 13.2 Å². The first-order chi connectivity index (χ1) is 7.61. The molecule has 0 bridgehead atoms. The van der Waals surface area contributed by atoms with E-state index in [1.165, 1.54) is 7.11 Å². The van der Waals surface area contributed by atoms with Crippen LogP contribution in [0.2, 0.25) is 0 Å². The molecule has 0 aromatic rings. The summed E-state index contributed by atoms with van der Waals surface area (Å²) < 4.78 is 9.68. The van der Waals surface area contributed by atoms with E-state index in [-0.39, 0.29) is 13.0 Å². The van der Waals surface area contributed by atoms with Crippen molar-refractivity contribution in [2.75, 3.05) is 26.9 Å². The highest BCUT2D eigenvalue weighted by molar-refractivity contribution is 5.87. The van der Waals surface area contributed by atoms with Gasteiger partial charge in [-0.3, -0.25) is 9.59 Å². The predicted octanol–water partition coefficient (Wildman–Crippen LogP) is -1.36. The zero-order valence-corrected chi connectivity index (χ0v) is 9.19. The van der Waals surface area contributed by atoms with Crippen molar-refractivity contribution in [3.8, 4) is 12.3 Å². The van der Waals surface area contributed by atoms with E-state index in [9.17, 15) is 9.59 Å². The third kappa shape index (κ3) is 6.81. The molecule has 0 saturated heterocycles. The summed E-state index contributed by atoms with van der Waals surface area (Å²) >= 11 is 0. The van der Waals surface area contributed by atoms with Crippen molar-refractivity contribution in [3.05, 3.63) is 0 Å². The Morgan fingerprint density at radius 2 is 2.19 bits per heavy atom. The minimum atomic E-state index is -0.844. The second-order valence-corrected chi connectivity index (χ2v) is 2.98. The van der Waals surface area contributed by atoms with Crippen molar-refractivity contribution < 1.29 is 19.1 Å². The maximum atomic E-state index is 11.2. The van der Waals surface area contributed by atoms with Gasteiger partial charge in [0.2, 0.25) is 11.8 Å². The summed E-state index contributed by atoms with van der Waals surface area (Å²) in [5, 5.41) is 2.37. The molecule has 90 valence electrons. The topological polar surface area (TPSA) is 90.7 Å². The second kappa shape index (κ2) is 8.71.